The van der Waals surface area contributed by atoms with Gasteiger partial charge in [-0.15, -0.1) is 0 Å². The summed E-state index contributed by atoms with van der Waals surface area (Å²) >= 11 is 0. The minimum absolute atomic E-state index is 0.0538. The quantitative estimate of drug-likeness (QED) is 0.563. The van der Waals surface area contributed by atoms with Crippen molar-refractivity contribution in [1.82, 2.24) is 19.7 Å². The summed E-state index contributed by atoms with van der Waals surface area (Å²) in [5.41, 5.74) is 6.15. The van der Waals surface area contributed by atoms with Gasteiger partial charge < -0.3 is 21.1 Å². The molecule has 8 nitrogen and oxygen atoms in total. The van der Waals surface area contributed by atoms with Gasteiger partial charge in [0, 0.05) is 43.2 Å². The molecule has 3 heterocycles. The molecule has 1 fully saturated rings. The van der Waals surface area contributed by atoms with E-state index in [1.54, 1.807) is 13.0 Å². The summed E-state index contributed by atoms with van der Waals surface area (Å²) in [6, 6.07) is 6.83. The first-order chi connectivity index (χ1) is 14.5. The van der Waals surface area contributed by atoms with Crippen LogP contribution in [0, 0.1) is 11.6 Å². The Kier molecular flexibility index (Phi) is 5.75. The lowest BCUT2D eigenvalue weighted by Crippen LogP contribution is -2.20. The molecule has 1 unspecified atom stereocenters. The summed E-state index contributed by atoms with van der Waals surface area (Å²) in [5, 5.41) is 10.7. The number of halogens is 2. The lowest BCUT2D eigenvalue weighted by molar-refractivity contribution is 0.0663. The zero-order valence-electron chi connectivity index (χ0n) is 16.5. The molecule has 1 atom stereocenters. The molecule has 1 saturated heterocycles. The van der Waals surface area contributed by atoms with E-state index in [-0.39, 0.29) is 5.95 Å². The Bertz CT molecular complexity index is 1020. The topological polar surface area (TPSA) is 103 Å². The van der Waals surface area contributed by atoms with Crippen LogP contribution in [0.5, 0.6) is 0 Å². The van der Waals surface area contributed by atoms with Gasteiger partial charge in [0.15, 0.2) is 5.82 Å². The summed E-state index contributed by atoms with van der Waals surface area (Å²) < 4.78 is 34.5. The number of nitrogen functional groups attached to an aromatic ring is 1. The van der Waals surface area contributed by atoms with Gasteiger partial charge in [-0.2, -0.15) is 15.1 Å². The normalized spacial score (nSPS) is 15.7. The first-order valence-corrected chi connectivity index (χ1v) is 9.74. The Morgan fingerprint density at radius 2 is 1.87 bits per heavy atom. The molecule has 10 heteroatoms. The number of hydrogen-bond acceptors (Lipinski definition) is 7. The van der Waals surface area contributed by atoms with Crippen LogP contribution < -0.4 is 16.4 Å². The Labute approximate surface area is 172 Å². The third-order valence-corrected chi connectivity index (χ3v) is 4.97. The minimum atomic E-state index is -0.631. The van der Waals surface area contributed by atoms with E-state index in [9.17, 15) is 8.78 Å². The van der Waals surface area contributed by atoms with Crippen LogP contribution in [0.15, 0.2) is 36.5 Å². The number of anilines is 4. The van der Waals surface area contributed by atoms with Gasteiger partial charge in [0.25, 0.3) is 0 Å². The third-order valence-electron chi connectivity index (χ3n) is 4.97. The molecular formula is C20H23F2N7O. The zero-order valence-corrected chi connectivity index (χ0v) is 16.5. The summed E-state index contributed by atoms with van der Waals surface area (Å²) in [4.78, 5) is 8.33. The molecule has 0 saturated carbocycles. The van der Waals surface area contributed by atoms with Crippen molar-refractivity contribution in [3.63, 3.8) is 0 Å². The van der Waals surface area contributed by atoms with Crippen molar-refractivity contribution >= 4 is 23.4 Å². The maximum atomic E-state index is 14.0. The molecule has 0 bridgehead atoms. The van der Waals surface area contributed by atoms with Crippen molar-refractivity contribution in [1.29, 1.82) is 0 Å². The van der Waals surface area contributed by atoms with E-state index in [0.717, 1.165) is 32.1 Å². The van der Waals surface area contributed by atoms with Gasteiger partial charge in [0.05, 0.1) is 12.1 Å². The van der Waals surface area contributed by atoms with Crippen LogP contribution in [0.2, 0.25) is 0 Å². The highest BCUT2D eigenvalue weighted by Gasteiger charge is 2.17. The Morgan fingerprint density at radius 1 is 1.10 bits per heavy atom. The lowest BCUT2D eigenvalue weighted by Gasteiger charge is -2.22. The minimum Gasteiger partial charge on any atom is -0.381 e. The van der Waals surface area contributed by atoms with Crippen LogP contribution >= 0.6 is 0 Å². The van der Waals surface area contributed by atoms with Crippen molar-refractivity contribution in [2.24, 2.45) is 0 Å². The van der Waals surface area contributed by atoms with Gasteiger partial charge in [0.1, 0.15) is 23.3 Å². The largest absolute Gasteiger partial charge is 0.381 e. The average molecular weight is 415 g/mol. The number of nitrogens with two attached hydrogens (primary N) is 1. The van der Waals surface area contributed by atoms with E-state index in [4.69, 9.17) is 10.5 Å². The van der Waals surface area contributed by atoms with E-state index < -0.39 is 17.7 Å². The number of hydrogen-bond donors (Lipinski definition) is 3. The third kappa shape index (κ3) is 4.65. The van der Waals surface area contributed by atoms with E-state index in [0.29, 0.717) is 29.1 Å². The van der Waals surface area contributed by atoms with Gasteiger partial charge in [-0.3, -0.25) is 4.68 Å². The predicted octanol–water partition coefficient (Wildman–Crippen LogP) is 3.80. The van der Waals surface area contributed by atoms with Crippen LogP contribution in [-0.2, 0) is 4.74 Å². The van der Waals surface area contributed by atoms with E-state index in [1.807, 2.05) is 16.9 Å². The number of benzene rings is 1. The second-order valence-corrected chi connectivity index (χ2v) is 7.18. The highest BCUT2D eigenvalue weighted by Crippen LogP contribution is 2.25. The number of nitrogens with zero attached hydrogens (tertiary/aromatic N) is 4. The number of ether oxygens (including phenoxy) is 1. The van der Waals surface area contributed by atoms with Gasteiger partial charge in [-0.25, -0.2) is 8.78 Å². The lowest BCUT2D eigenvalue weighted by atomic mass is 10.1. The molecule has 4 rings (SSSR count). The second kappa shape index (κ2) is 8.62. The average Bonchev–Trinajstić information content (AvgIpc) is 3.16. The van der Waals surface area contributed by atoms with E-state index >= 15 is 0 Å². The monoisotopic (exact) mass is 415 g/mol. The molecule has 158 valence electrons. The maximum absolute atomic E-state index is 14.0. The van der Waals surface area contributed by atoms with Gasteiger partial charge >= 0.3 is 0 Å². The molecular weight excluding hydrogens is 392 g/mol. The van der Waals surface area contributed by atoms with Crippen molar-refractivity contribution < 1.29 is 13.5 Å². The first kappa shape index (κ1) is 20.0. The molecule has 30 heavy (non-hydrogen) atoms. The summed E-state index contributed by atoms with van der Waals surface area (Å²) in [5.74, 6) is 0.288. The smallest absolute Gasteiger partial charge is 0.223 e. The number of rotatable bonds is 6. The van der Waals surface area contributed by atoms with Gasteiger partial charge in [0.2, 0.25) is 5.95 Å². The van der Waals surface area contributed by atoms with Crippen LogP contribution in [0.3, 0.4) is 0 Å². The standard InChI is InChI=1S/C20H23F2N7O/c1-12(15-3-2-13(21)10-16(15)22)24-18-11-19(27-20(23)26-18)25-17-4-7-29(28-17)14-5-8-30-9-6-14/h2-4,7,10-12,14H,5-6,8-9H2,1H3,(H4,23,24,25,26,27,28). The summed E-state index contributed by atoms with van der Waals surface area (Å²) in [7, 11) is 0. The van der Waals surface area contributed by atoms with E-state index in [1.165, 1.54) is 12.1 Å². The van der Waals surface area contributed by atoms with Crippen molar-refractivity contribution in [2.75, 3.05) is 29.6 Å². The molecule has 0 spiro atoms. The number of nitrogens with one attached hydrogen (secondary N) is 2. The van der Waals surface area contributed by atoms with Crippen LogP contribution in [0.25, 0.3) is 0 Å². The molecule has 0 amide bonds. The SMILES string of the molecule is CC(Nc1cc(Nc2ccn(C3CCOCC3)n2)nc(N)n1)c1ccc(F)cc1F. The van der Waals surface area contributed by atoms with Crippen molar-refractivity contribution in [3.05, 3.63) is 53.7 Å². The fraction of sp³-hybridized carbons (Fsp3) is 0.350. The molecule has 4 N–H and O–H groups in total. The Hall–Kier alpha value is -3.27. The van der Waals surface area contributed by atoms with Crippen LogP contribution in [0.4, 0.5) is 32.2 Å². The van der Waals surface area contributed by atoms with Crippen molar-refractivity contribution in [2.45, 2.75) is 31.8 Å². The highest BCUT2D eigenvalue weighted by molar-refractivity contribution is 5.58. The predicted molar refractivity (Wildman–Crippen MR) is 109 cm³/mol. The summed E-state index contributed by atoms with van der Waals surface area (Å²) in [6.45, 7) is 3.21. The van der Waals surface area contributed by atoms with Crippen LogP contribution in [-0.4, -0.2) is 33.0 Å². The van der Waals surface area contributed by atoms with Crippen LogP contribution in [0.1, 0.15) is 37.4 Å². The Balaban J connectivity index is 1.47. The molecule has 1 aliphatic heterocycles. The van der Waals surface area contributed by atoms with Gasteiger partial charge in [-0.05, 0) is 25.8 Å². The molecule has 0 radical (unpaired) electrons. The summed E-state index contributed by atoms with van der Waals surface area (Å²) in [6.07, 6.45) is 3.77. The van der Waals surface area contributed by atoms with E-state index in [2.05, 4.69) is 25.7 Å². The zero-order chi connectivity index (χ0) is 21.1. The fourth-order valence-electron chi connectivity index (χ4n) is 3.45. The highest BCUT2D eigenvalue weighted by atomic mass is 19.1. The fourth-order valence-corrected chi connectivity index (χ4v) is 3.45. The molecule has 1 aromatic carbocycles. The van der Waals surface area contributed by atoms with Crippen molar-refractivity contribution in [3.8, 4) is 0 Å². The molecule has 0 aliphatic carbocycles. The number of aromatic nitrogens is 4. The second-order valence-electron chi connectivity index (χ2n) is 7.18. The molecule has 2 aromatic heterocycles. The molecule has 1 aliphatic rings. The molecule has 3 aromatic rings. The maximum Gasteiger partial charge on any atom is 0.223 e. The van der Waals surface area contributed by atoms with Gasteiger partial charge in [-0.1, -0.05) is 6.07 Å². The first-order valence-electron chi connectivity index (χ1n) is 9.74. The Morgan fingerprint density at radius 3 is 2.63 bits per heavy atom.